The molecule has 0 spiro atoms. The standard InChI is InChI=1S/C20H23N5O/c1-14-18-12-16(23-20(26)22-15-8-4-2-5-9-15)13-21-19(18)25(24-14)17-10-6-3-7-11-17/h3,6-7,10-13,15H,2,4-5,8-9H2,1H3,(H2,22,23,26). The summed E-state index contributed by atoms with van der Waals surface area (Å²) in [6.45, 7) is 1.95. The molecular formula is C20H23N5O. The van der Waals surface area contributed by atoms with Gasteiger partial charge in [0.15, 0.2) is 5.65 Å². The molecule has 1 saturated carbocycles. The van der Waals surface area contributed by atoms with E-state index in [1.807, 2.05) is 48.0 Å². The maximum atomic E-state index is 12.3. The monoisotopic (exact) mass is 349 g/mol. The number of amides is 2. The van der Waals surface area contributed by atoms with Gasteiger partial charge in [0.1, 0.15) is 0 Å². The highest BCUT2D eigenvalue weighted by Crippen LogP contribution is 2.23. The molecule has 0 radical (unpaired) electrons. The Morgan fingerprint density at radius 2 is 1.92 bits per heavy atom. The molecule has 1 aliphatic carbocycles. The minimum Gasteiger partial charge on any atom is -0.335 e. The molecule has 2 amide bonds. The second-order valence-corrected chi connectivity index (χ2v) is 6.86. The van der Waals surface area contributed by atoms with E-state index in [4.69, 9.17) is 0 Å². The Labute approximate surface area is 152 Å². The highest BCUT2D eigenvalue weighted by molar-refractivity contribution is 5.92. The zero-order chi connectivity index (χ0) is 17.9. The van der Waals surface area contributed by atoms with Crippen LogP contribution in [0.3, 0.4) is 0 Å². The largest absolute Gasteiger partial charge is 0.335 e. The Morgan fingerprint density at radius 3 is 2.69 bits per heavy atom. The van der Waals surface area contributed by atoms with Crippen molar-refractivity contribution in [3.05, 3.63) is 48.3 Å². The third kappa shape index (κ3) is 3.40. The number of carbonyl (C=O) groups excluding carboxylic acids is 1. The molecule has 2 N–H and O–H groups in total. The van der Waals surface area contributed by atoms with E-state index >= 15 is 0 Å². The molecule has 6 nitrogen and oxygen atoms in total. The molecule has 0 aliphatic heterocycles. The fourth-order valence-electron chi connectivity index (χ4n) is 3.56. The predicted octanol–water partition coefficient (Wildman–Crippen LogP) is 4.18. The first-order valence-electron chi connectivity index (χ1n) is 9.19. The Hall–Kier alpha value is -2.89. The topological polar surface area (TPSA) is 71.8 Å². The molecule has 0 atom stereocenters. The third-order valence-electron chi connectivity index (χ3n) is 4.91. The lowest BCUT2D eigenvalue weighted by Gasteiger charge is -2.22. The quantitative estimate of drug-likeness (QED) is 0.745. The molecule has 0 saturated heterocycles. The molecule has 1 aliphatic rings. The molecule has 1 aromatic carbocycles. The van der Waals surface area contributed by atoms with Gasteiger partial charge in [0, 0.05) is 11.4 Å². The van der Waals surface area contributed by atoms with Crippen LogP contribution in [0.2, 0.25) is 0 Å². The number of benzene rings is 1. The third-order valence-corrected chi connectivity index (χ3v) is 4.91. The van der Waals surface area contributed by atoms with Gasteiger partial charge in [0.2, 0.25) is 0 Å². The van der Waals surface area contributed by atoms with Gasteiger partial charge < -0.3 is 10.6 Å². The Kier molecular flexibility index (Phi) is 4.56. The second-order valence-electron chi connectivity index (χ2n) is 6.86. The fourth-order valence-corrected chi connectivity index (χ4v) is 3.56. The Bertz CT molecular complexity index is 913. The van der Waals surface area contributed by atoms with E-state index < -0.39 is 0 Å². The molecular weight excluding hydrogens is 326 g/mol. The van der Waals surface area contributed by atoms with E-state index in [0.717, 1.165) is 35.3 Å². The summed E-state index contributed by atoms with van der Waals surface area (Å²) >= 11 is 0. The van der Waals surface area contributed by atoms with Crippen LogP contribution in [0, 0.1) is 6.92 Å². The van der Waals surface area contributed by atoms with Crippen LogP contribution in [0.25, 0.3) is 16.7 Å². The first-order chi connectivity index (χ1) is 12.7. The van der Waals surface area contributed by atoms with Gasteiger partial charge in [-0.25, -0.2) is 14.5 Å². The number of aromatic nitrogens is 3. The van der Waals surface area contributed by atoms with Gasteiger partial charge >= 0.3 is 6.03 Å². The molecule has 1 fully saturated rings. The first kappa shape index (κ1) is 16.6. The summed E-state index contributed by atoms with van der Waals surface area (Å²) in [6, 6.07) is 12.0. The number of rotatable bonds is 3. The summed E-state index contributed by atoms with van der Waals surface area (Å²) in [4.78, 5) is 16.8. The SMILES string of the molecule is Cc1nn(-c2ccccc2)c2ncc(NC(=O)NC3CCCCC3)cc12. The van der Waals surface area contributed by atoms with Gasteiger partial charge in [-0.2, -0.15) is 5.10 Å². The zero-order valence-corrected chi connectivity index (χ0v) is 14.9. The van der Waals surface area contributed by atoms with Crippen molar-refractivity contribution >= 4 is 22.8 Å². The van der Waals surface area contributed by atoms with Crippen molar-refractivity contribution in [2.24, 2.45) is 0 Å². The Balaban J connectivity index is 1.54. The molecule has 6 heteroatoms. The highest BCUT2D eigenvalue weighted by Gasteiger charge is 2.16. The number of aryl methyl sites for hydroxylation is 1. The number of para-hydroxylation sites is 1. The maximum absolute atomic E-state index is 12.3. The van der Waals surface area contributed by atoms with Crippen LogP contribution in [0.15, 0.2) is 42.6 Å². The molecule has 2 aromatic heterocycles. The second kappa shape index (κ2) is 7.15. The van der Waals surface area contributed by atoms with Crippen molar-refractivity contribution < 1.29 is 4.79 Å². The van der Waals surface area contributed by atoms with Gasteiger partial charge in [-0.15, -0.1) is 0 Å². The van der Waals surface area contributed by atoms with E-state index in [1.54, 1.807) is 6.20 Å². The number of urea groups is 1. The molecule has 134 valence electrons. The minimum absolute atomic E-state index is 0.161. The number of hydrogen-bond donors (Lipinski definition) is 2. The molecule has 26 heavy (non-hydrogen) atoms. The summed E-state index contributed by atoms with van der Waals surface area (Å²) in [7, 11) is 0. The van der Waals surface area contributed by atoms with E-state index in [1.165, 1.54) is 19.3 Å². The summed E-state index contributed by atoms with van der Waals surface area (Å²) in [5, 5.41) is 11.5. The number of fused-ring (bicyclic) bond motifs is 1. The molecule has 2 heterocycles. The van der Waals surface area contributed by atoms with Crippen molar-refractivity contribution in [2.45, 2.75) is 45.1 Å². The minimum atomic E-state index is -0.161. The first-order valence-corrected chi connectivity index (χ1v) is 9.19. The van der Waals surface area contributed by atoms with Gasteiger partial charge in [0.05, 0.1) is 23.3 Å². The number of nitrogens with one attached hydrogen (secondary N) is 2. The molecule has 0 bridgehead atoms. The highest BCUT2D eigenvalue weighted by atomic mass is 16.2. The number of anilines is 1. The summed E-state index contributed by atoms with van der Waals surface area (Å²) in [5.74, 6) is 0. The summed E-state index contributed by atoms with van der Waals surface area (Å²) in [6.07, 6.45) is 7.46. The molecule has 4 rings (SSSR count). The number of carbonyl (C=O) groups is 1. The van der Waals surface area contributed by atoms with Crippen LogP contribution in [-0.2, 0) is 0 Å². The average Bonchev–Trinajstić information content (AvgIpc) is 2.99. The average molecular weight is 349 g/mol. The van der Waals surface area contributed by atoms with Gasteiger partial charge in [0.25, 0.3) is 0 Å². The van der Waals surface area contributed by atoms with E-state index in [2.05, 4.69) is 20.7 Å². The van der Waals surface area contributed by atoms with Gasteiger partial charge in [-0.1, -0.05) is 37.5 Å². The smallest absolute Gasteiger partial charge is 0.319 e. The number of pyridine rings is 1. The number of nitrogens with zero attached hydrogens (tertiary/aromatic N) is 3. The predicted molar refractivity (Wildman–Crippen MR) is 103 cm³/mol. The van der Waals surface area contributed by atoms with E-state index in [9.17, 15) is 4.79 Å². The van der Waals surface area contributed by atoms with Crippen molar-refractivity contribution in [1.29, 1.82) is 0 Å². The van der Waals surface area contributed by atoms with Crippen LogP contribution in [0.1, 0.15) is 37.8 Å². The van der Waals surface area contributed by atoms with Crippen LogP contribution in [-0.4, -0.2) is 26.8 Å². The summed E-state index contributed by atoms with van der Waals surface area (Å²) in [5.41, 5.74) is 3.31. The van der Waals surface area contributed by atoms with Crippen LogP contribution in [0.4, 0.5) is 10.5 Å². The van der Waals surface area contributed by atoms with Crippen molar-refractivity contribution in [2.75, 3.05) is 5.32 Å². The van der Waals surface area contributed by atoms with Crippen LogP contribution >= 0.6 is 0 Å². The number of hydrogen-bond acceptors (Lipinski definition) is 3. The fraction of sp³-hybridized carbons (Fsp3) is 0.350. The lowest BCUT2D eigenvalue weighted by molar-refractivity contribution is 0.244. The van der Waals surface area contributed by atoms with Gasteiger partial charge in [-0.3, -0.25) is 0 Å². The molecule has 3 aromatic rings. The van der Waals surface area contributed by atoms with Crippen molar-refractivity contribution in [3.63, 3.8) is 0 Å². The zero-order valence-electron chi connectivity index (χ0n) is 14.9. The maximum Gasteiger partial charge on any atom is 0.319 e. The lowest BCUT2D eigenvalue weighted by Crippen LogP contribution is -2.39. The van der Waals surface area contributed by atoms with Crippen LogP contribution in [0.5, 0.6) is 0 Å². The normalized spacial score (nSPS) is 15.1. The van der Waals surface area contributed by atoms with Crippen molar-refractivity contribution in [3.8, 4) is 5.69 Å². The van der Waals surface area contributed by atoms with Crippen LogP contribution < -0.4 is 10.6 Å². The Morgan fingerprint density at radius 1 is 1.15 bits per heavy atom. The summed E-state index contributed by atoms with van der Waals surface area (Å²) < 4.78 is 1.83. The van der Waals surface area contributed by atoms with Crippen molar-refractivity contribution in [1.82, 2.24) is 20.1 Å². The van der Waals surface area contributed by atoms with E-state index in [0.29, 0.717) is 5.69 Å². The van der Waals surface area contributed by atoms with E-state index in [-0.39, 0.29) is 12.1 Å². The van der Waals surface area contributed by atoms with Gasteiger partial charge in [-0.05, 0) is 38.0 Å². The molecule has 0 unspecified atom stereocenters. The lowest BCUT2D eigenvalue weighted by atomic mass is 9.96.